The van der Waals surface area contributed by atoms with Crippen LogP contribution in [-0.2, 0) is 4.74 Å². The second-order valence-corrected chi connectivity index (χ2v) is 5.84. The molecule has 4 nitrogen and oxygen atoms in total. The van der Waals surface area contributed by atoms with Crippen LogP contribution in [0, 0.1) is 32.1 Å². The Morgan fingerprint density at radius 3 is 2.76 bits per heavy atom. The number of piperidine rings is 1. The molecule has 1 unspecified atom stereocenters. The van der Waals surface area contributed by atoms with Crippen LogP contribution in [0.1, 0.15) is 48.6 Å². The van der Waals surface area contributed by atoms with Crippen LogP contribution in [0.15, 0.2) is 0 Å². The summed E-state index contributed by atoms with van der Waals surface area (Å²) < 4.78 is 5.89. The third-order valence-electron chi connectivity index (χ3n) is 4.32. The highest BCUT2D eigenvalue weighted by Crippen LogP contribution is 2.28. The Kier molecular flexibility index (Phi) is 5.19. The van der Waals surface area contributed by atoms with Crippen molar-refractivity contribution >= 4 is 5.82 Å². The van der Waals surface area contributed by atoms with Crippen LogP contribution in [0.25, 0.3) is 0 Å². The Morgan fingerprint density at radius 1 is 1.33 bits per heavy atom. The number of aromatic nitrogens is 1. The number of nitriles is 1. The summed E-state index contributed by atoms with van der Waals surface area (Å²) in [5, 5.41) is 9.50. The van der Waals surface area contributed by atoms with Crippen molar-refractivity contribution in [2.24, 2.45) is 0 Å². The molecule has 21 heavy (non-hydrogen) atoms. The van der Waals surface area contributed by atoms with E-state index in [0.29, 0.717) is 5.56 Å². The molecule has 2 rings (SSSR count). The smallest absolute Gasteiger partial charge is 0.147 e. The zero-order chi connectivity index (χ0) is 15.4. The van der Waals surface area contributed by atoms with E-state index < -0.39 is 0 Å². The molecule has 0 saturated carbocycles. The Hall–Kier alpha value is -1.60. The number of nitrogens with zero attached hydrogens (tertiary/aromatic N) is 3. The van der Waals surface area contributed by atoms with Crippen LogP contribution in [-0.4, -0.2) is 30.8 Å². The van der Waals surface area contributed by atoms with E-state index in [0.717, 1.165) is 61.6 Å². The molecule has 1 fully saturated rings. The Balaban J connectivity index is 2.27. The number of pyridine rings is 1. The Labute approximate surface area is 127 Å². The number of anilines is 1. The van der Waals surface area contributed by atoms with Crippen molar-refractivity contribution < 1.29 is 4.74 Å². The van der Waals surface area contributed by atoms with E-state index in [1.54, 1.807) is 0 Å². The minimum absolute atomic E-state index is 0.258. The predicted octanol–water partition coefficient (Wildman–Crippen LogP) is 3.27. The fourth-order valence-corrected chi connectivity index (χ4v) is 2.84. The monoisotopic (exact) mass is 287 g/mol. The topological polar surface area (TPSA) is 49.1 Å². The van der Waals surface area contributed by atoms with E-state index in [1.807, 2.05) is 20.8 Å². The van der Waals surface area contributed by atoms with Gasteiger partial charge in [-0.1, -0.05) is 6.92 Å². The third-order valence-corrected chi connectivity index (χ3v) is 4.32. The lowest BCUT2D eigenvalue weighted by Gasteiger charge is -2.34. The van der Waals surface area contributed by atoms with Gasteiger partial charge < -0.3 is 9.64 Å². The maximum absolute atomic E-state index is 9.50. The highest BCUT2D eigenvalue weighted by Gasteiger charge is 2.24. The molecule has 0 amide bonds. The molecule has 0 spiro atoms. The van der Waals surface area contributed by atoms with E-state index in [1.165, 1.54) is 0 Å². The normalized spacial score (nSPS) is 18.6. The minimum atomic E-state index is 0.258. The van der Waals surface area contributed by atoms with E-state index in [9.17, 15) is 5.26 Å². The summed E-state index contributed by atoms with van der Waals surface area (Å²) in [6, 6.07) is 2.34. The predicted molar refractivity (Wildman–Crippen MR) is 84.6 cm³/mol. The average molecular weight is 287 g/mol. The van der Waals surface area contributed by atoms with Gasteiger partial charge in [-0.05, 0) is 51.2 Å². The molecule has 0 N–H and O–H groups in total. The molecule has 4 heteroatoms. The first kappa shape index (κ1) is 15.8. The second-order valence-electron chi connectivity index (χ2n) is 5.84. The van der Waals surface area contributed by atoms with Gasteiger partial charge in [0.2, 0.25) is 0 Å². The summed E-state index contributed by atoms with van der Waals surface area (Å²) in [6.07, 6.45) is 3.49. The number of aryl methyl sites for hydroxylation is 1. The average Bonchev–Trinajstić information content (AvgIpc) is 2.50. The van der Waals surface area contributed by atoms with E-state index >= 15 is 0 Å². The van der Waals surface area contributed by atoms with Gasteiger partial charge in [-0.3, -0.25) is 0 Å². The number of hydrogen-bond acceptors (Lipinski definition) is 4. The molecule has 1 aromatic rings. The van der Waals surface area contributed by atoms with Crippen LogP contribution >= 0.6 is 0 Å². The molecule has 1 saturated heterocycles. The van der Waals surface area contributed by atoms with Crippen molar-refractivity contribution in [2.75, 3.05) is 24.6 Å². The van der Waals surface area contributed by atoms with Gasteiger partial charge in [-0.25, -0.2) is 4.98 Å². The van der Waals surface area contributed by atoms with Crippen molar-refractivity contribution in [1.82, 2.24) is 4.98 Å². The summed E-state index contributed by atoms with van der Waals surface area (Å²) in [4.78, 5) is 6.91. The zero-order valence-electron chi connectivity index (χ0n) is 13.6. The third kappa shape index (κ3) is 3.36. The van der Waals surface area contributed by atoms with Crippen LogP contribution in [0.3, 0.4) is 0 Å². The summed E-state index contributed by atoms with van der Waals surface area (Å²) in [5.74, 6) is 0.836. The first-order valence-corrected chi connectivity index (χ1v) is 7.82. The van der Waals surface area contributed by atoms with Crippen LogP contribution in [0.2, 0.25) is 0 Å². The van der Waals surface area contributed by atoms with E-state index in [4.69, 9.17) is 9.72 Å². The fourth-order valence-electron chi connectivity index (χ4n) is 2.84. The second kappa shape index (κ2) is 6.91. The molecule has 0 aliphatic carbocycles. The van der Waals surface area contributed by atoms with Crippen molar-refractivity contribution in [3.8, 4) is 6.07 Å². The quantitative estimate of drug-likeness (QED) is 0.852. The summed E-state index contributed by atoms with van der Waals surface area (Å²) in [7, 11) is 0. The van der Waals surface area contributed by atoms with Crippen molar-refractivity contribution in [2.45, 2.75) is 53.1 Å². The van der Waals surface area contributed by atoms with Crippen LogP contribution < -0.4 is 4.90 Å². The summed E-state index contributed by atoms with van der Waals surface area (Å²) >= 11 is 0. The zero-order valence-corrected chi connectivity index (χ0v) is 13.6. The van der Waals surface area contributed by atoms with Crippen molar-refractivity contribution in [1.29, 1.82) is 5.26 Å². The van der Waals surface area contributed by atoms with Gasteiger partial charge in [-0.2, -0.15) is 5.26 Å². The molecule has 1 aromatic heterocycles. The van der Waals surface area contributed by atoms with Gasteiger partial charge in [0.15, 0.2) is 0 Å². The highest BCUT2D eigenvalue weighted by atomic mass is 16.5. The molecular weight excluding hydrogens is 262 g/mol. The first-order chi connectivity index (χ1) is 10.1. The number of rotatable bonds is 4. The summed E-state index contributed by atoms with van der Waals surface area (Å²) in [6.45, 7) is 10.8. The molecule has 0 bridgehead atoms. The maximum atomic E-state index is 9.50. The number of ether oxygens (including phenoxy) is 1. The minimum Gasteiger partial charge on any atom is -0.376 e. The van der Waals surface area contributed by atoms with Gasteiger partial charge in [0, 0.05) is 25.4 Å². The first-order valence-electron chi connectivity index (χ1n) is 7.82. The van der Waals surface area contributed by atoms with Crippen LogP contribution in [0.5, 0.6) is 0 Å². The maximum Gasteiger partial charge on any atom is 0.147 e. The Bertz CT molecular complexity index is 548. The molecular formula is C17H25N3O. The van der Waals surface area contributed by atoms with Gasteiger partial charge >= 0.3 is 0 Å². The summed E-state index contributed by atoms with van der Waals surface area (Å²) in [5.41, 5.74) is 3.90. The molecule has 0 radical (unpaired) electrons. The van der Waals surface area contributed by atoms with Gasteiger partial charge in [0.25, 0.3) is 0 Å². The van der Waals surface area contributed by atoms with Gasteiger partial charge in [0.05, 0.1) is 11.7 Å². The van der Waals surface area contributed by atoms with Crippen LogP contribution in [0.4, 0.5) is 5.82 Å². The van der Waals surface area contributed by atoms with Crippen molar-refractivity contribution in [3.05, 3.63) is 22.4 Å². The fraction of sp³-hybridized carbons (Fsp3) is 0.647. The molecule has 1 aliphatic rings. The lowest BCUT2D eigenvalue weighted by Crippen LogP contribution is -2.41. The van der Waals surface area contributed by atoms with E-state index in [2.05, 4.69) is 17.9 Å². The largest absolute Gasteiger partial charge is 0.376 e. The Morgan fingerprint density at radius 2 is 2.10 bits per heavy atom. The lowest BCUT2D eigenvalue weighted by atomic mass is 10.0. The molecule has 0 aromatic carbocycles. The molecule has 1 atom stereocenters. The lowest BCUT2D eigenvalue weighted by molar-refractivity contribution is 0.0439. The highest BCUT2D eigenvalue weighted by molar-refractivity contribution is 5.60. The van der Waals surface area contributed by atoms with Gasteiger partial charge in [-0.15, -0.1) is 0 Å². The van der Waals surface area contributed by atoms with Gasteiger partial charge in [0.1, 0.15) is 11.9 Å². The SMILES string of the molecule is CCCOC1CCCN(c2nc(C)c(C)c(C)c2C#N)C1. The van der Waals surface area contributed by atoms with Crippen molar-refractivity contribution in [3.63, 3.8) is 0 Å². The number of hydrogen-bond donors (Lipinski definition) is 0. The standard InChI is InChI=1S/C17H25N3O/c1-5-9-21-15-7-6-8-20(11-15)17-16(10-18)13(3)12(2)14(4)19-17/h15H,5-9,11H2,1-4H3. The molecule has 1 aliphatic heterocycles. The van der Waals surface area contributed by atoms with E-state index in [-0.39, 0.29) is 6.10 Å². The molecule has 2 heterocycles. The molecule has 114 valence electrons.